The number of anilines is 1. The van der Waals surface area contributed by atoms with Crippen LogP contribution >= 0.6 is 0 Å². The standard InChI is InChI=1S/C19H29N3/c1-2-5-17(6-3-1)21-14-7-18(15-21)22-13-4-8-19(16-22)9-11-20-12-10-19/h1-3,5-6,18,20H,4,7-16H2. The predicted molar refractivity (Wildman–Crippen MR) is 92.4 cm³/mol. The highest BCUT2D eigenvalue weighted by Crippen LogP contribution is 2.39. The van der Waals surface area contributed by atoms with Crippen molar-refractivity contribution in [1.29, 1.82) is 0 Å². The van der Waals surface area contributed by atoms with Crippen LogP contribution in [0.4, 0.5) is 5.69 Å². The topological polar surface area (TPSA) is 18.5 Å². The van der Waals surface area contributed by atoms with Crippen LogP contribution in [0.5, 0.6) is 0 Å². The van der Waals surface area contributed by atoms with E-state index in [9.17, 15) is 0 Å². The minimum absolute atomic E-state index is 0.629. The minimum Gasteiger partial charge on any atom is -0.370 e. The average Bonchev–Trinajstić information content (AvgIpc) is 3.07. The van der Waals surface area contributed by atoms with Crippen LogP contribution in [-0.2, 0) is 0 Å². The second-order valence-electron chi connectivity index (χ2n) is 7.55. The van der Waals surface area contributed by atoms with Gasteiger partial charge >= 0.3 is 0 Å². The minimum atomic E-state index is 0.629. The molecule has 3 nitrogen and oxygen atoms in total. The first-order valence-corrected chi connectivity index (χ1v) is 9.10. The number of piperidine rings is 2. The molecule has 3 heterocycles. The van der Waals surface area contributed by atoms with Crippen molar-refractivity contribution in [2.24, 2.45) is 5.41 Å². The normalized spacial score (nSPS) is 29.1. The van der Waals surface area contributed by atoms with Crippen LogP contribution in [0.3, 0.4) is 0 Å². The molecule has 0 aromatic heterocycles. The van der Waals surface area contributed by atoms with Crippen LogP contribution in [0.25, 0.3) is 0 Å². The molecule has 3 saturated heterocycles. The van der Waals surface area contributed by atoms with Gasteiger partial charge < -0.3 is 10.2 Å². The molecule has 3 heteroatoms. The number of para-hydroxylation sites is 1. The van der Waals surface area contributed by atoms with Gasteiger partial charge in [0.25, 0.3) is 0 Å². The fraction of sp³-hybridized carbons (Fsp3) is 0.684. The van der Waals surface area contributed by atoms with E-state index in [1.54, 1.807) is 0 Å². The molecule has 1 N–H and O–H groups in total. The summed E-state index contributed by atoms with van der Waals surface area (Å²) in [7, 11) is 0. The molecule has 1 aromatic carbocycles. The molecule has 22 heavy (non-hydrogen) atoms. The van der Waals surface area contributed by atoms with Gasteiger partial charge in [0.15, 0.2) is 0 Å². The van der Waals surface area contributed by atoms with E-state index < -0.39 is 0 Å². The Morgan fingerprint density at radius 3 is 2.64 bits per heavy atom. The third kappa shape index (κ3) is 2.89. The zero-order chi connectivity index (χ0) is 14.8. The van der Waals surface area contributed by atoms with Gasteiger partial charge in [-0.25, -0.2) is 0 Å². The molecule has 0 radical (unpaired) electrons. The third-order valence-corrected chi connectivity index (χ3v) is 6.16. The molecule has 3 aliphatic heterocycles. The van der Waals surface area contributed by atoms with Gasteiger partial charge in [0.05, 0.1) is 0 Å². The Bertz CT molecular complexity index is 475. The van der Waals surface area contributed by atoms with Crippen LogP contribution in [0.2, 0.25) is 0 Å². The van der Waals surface area contributed by atoms with Crippen molar-refractivity contribution in [2.45, 2.75) is 38.1 Å². The Hall–Kier alpha value is -1.06. The van der Waals surface area contributed by atoms with E-state index in [1.165, 1.54) is 77.1 Å². The summed E-state index contributed by atoms with van der Waals surface area (Å²) >= 11 is 0. The summed E-state index contributed by atoms with van der Waals surface area (Å²) in [6.07, 6.45) is 6.97. The summed E-state index contributed by atoms with van der Waals surface area (Å²) in [5.74, 6) is 0. The summed E-state index contributed by atoms with van der Waals surface area (Å²) in [6, 6.07) is 11.7. The molecule has 3 aliphatic rings. The molecule has 0 amide bonds. The first-order valence-electron chi connectivity index (χ1n) is 9.10. The lowest BCUT2D eigenvalue weighted by Crippen LogP contribution is -2.52. The van der Waals surface area contributed by atoms with Crippen LogP contribution in [0.1, 0.15) is 32.1 Å². The van der Waals surface area contributed by atoms with E-state index in [-0.39, 0.29) is 0 Å². The number of nitrogens with one attached hydrogen (secondary N) is 1. The molecule has 0 bridgehead atoms. The molecule has 4 rings (SSSR count). The smallest absolute Gasteiger partial charge is 0.0366 e. The molecule has 120 valence electrons. The van der Waals surface area contributed by atoms with Crippen LogP contribution in [0, 0.1) is 5.41 Å². The summed E-state index contributed by atoms with van der Waals surface area (Å²) in [5, 5.41) is 3.54. The maximum absolute atomic E-state index is 3.54. The molecule has 1 atom stereocenters. The van der Waals surface area contributed by atoms with E-state index in [0.717, 1.165) is 6.04 Å². The third-order valence-electron chi connectivity index (χ3n) is 6.16. The lowest BCUT2D eigenvalue weighted by atomic mass is 9.72. The Morgan fingerprint density at radius 1 is 1.00 bits per heavy atom. The second-order valence-corrected chi connectivity index (χ2v) is 7.55. The number of hydrogen-bond acceptors (Lipinski definition) is 3. The van der Waals surface area contributed by atoms with Crippen molar-refractivity contribution in [3.8, 4) is 0 Å². The average molecular weight is 299 g/mol. The largest absolute Gasteiger partial charge is 0.370 e. The Morgan fingerprint density at radius 2 is 1.82 bits per heavy atom. The van der Waals surface area contributed by atoms with Crippen molar-refractivity contribution in [3.63, 3.8) is 0 Å². The fourth-order valence-corrected chi connectivity index (χ4v) is 4.84. The number of hydrogen-bond donors (Lipinski definition) is 1. The summed E-state index contributed by atoms with van der Waals surface area (Å²) in [6.45, 7) is 7.58. The van der Waals surface area contributed by atoms with E-state index in [0.29, 0.717) is 5.41 Å². The van der Waals surface area contributed by atoms with Crippen molar-refractivity contribution in [2.75, 3.05) is 44.2 Å². The molecule has 1 unspecified atom stereocenters. The molecular formula is C19H29N3. The van der Waals surface area contributed by atoms with E-state index in [4.69, 9.17) is 0 Å². The Balaban J connectivity index is 1.40. The van der Waals surface area contributed by atoms with E-state index in [1.807, 2.05) is 0 Å². The molecule has 0 saturated carbocycles. The second kappa shape index (κ2) is 6.21. The van der Waals surface area contributed by atoms with Crippen LogP contribution in [-0.4, -0.2) is 50.2 Å². The molecule has 3 fully saturated rings. The molecule has 1 spiro atoms. The zero-order valence-electron chi connectivity index (χ0n) is 13.6. The van der Waals surface area contributed by atoms with Gasteiger partial charge in [0.1, 0.15) is 0 Å². The number of benzene rings is 1. The number of likely N-dealkylation sites (tertiary alicyclic amines) is 1. The lowest BCUT2D eigenvalue weighted by Gasteiger charge is -2.47. The van der Waals surface area contributed by atoms with Crippen LogP contribution in [0.15, 0.2) is 30.3 Å². The van der Waals surface area contributed by atoms with Crippen molar-refractivity contribution in [3.05, 3.63) is 30.3 Å². The number of rotatable bonds is 2. The monoisotopic (exact) mass is 299 g/mol. The first kappa shape index (κ1) is 14.5. The van der Waals surface area contributed by atoms with Gasteiger partial charge in [-0.2, -0.15) is 0 Å². The summed E-state index contributed by atoms with van der Waals surface area (Å²) in [4.78, 5) is 5.41. The van der Waals surface area contributed by atoms with Gasteiger partial charge in [0.2, 0.25) is 0 Å². The van der Waals surface area contributed by atoms with E-state index in [2.05, 4.69) is 45.4 Å². The van der Waals surface area contributed by atoms with Gasteiger partial charge in [-0.15, -0.1) is 0 Å². The van der Waals surface area contributed by atoms with Gasteiger partial charge in [-0.1, -0.05) is 18.2 Å². The van der Waals surface area contributed by atoms with E-state index >= 15 is 0 Å². The van der Waals surface area contributed by atoms with Crippen molar-refractivity contribution >= 4 is 5.69 Å². The fourth-order valence-electron chi connectivity index (χ4n) is 4.84. The summed E-state index contributed by atoms with van der Waals surface area (Å²) in [5.41, 5.74) is 2.03. The van der Waals surface area contributed by atoms with Crippen molar-refractivity contribution in [1.82, 2.24) is 10.2 Å². The van der Waals surface area contributed by atoms with Crippen molar-refractivity contribution < 1.29 is 0 Å². The quantitative estimate of drug-likeness (QED) is 0.906. The van der Waals surface area contributed by atoms with Gasteiger partial charge in [0, 0.05) is 31.4 Å². The Labute approximate surface area is 134 Å². The summed E-state index contributed by atoms with van der Waals surface area (Å²) < 4.78 is 0. The highest BCUT2D eigenvalue weighted by molar-refractivity contribution is 5.47. The predicted octanol–water partition coefficient (Wildman–Crippen LogP) is 2.73. The highest BCUT2D eigenvalue weighted by atomic mass is 15.3. The SMILES string of the molecule is c1ccc(N2CCC(N3CCCC4(CCNCC4)C3)C2)cc1. The molecular weight excluding hydrogens is 270 g/mol. The van der Waals surface area contributed by atoms with Crippen LogP contribution < -0.4 is 10.2 Å². The lowest BCUT2D eigenvalue weighted by molar-refractivity contribution is 0.0383. The maximum atomic E-state index is 3.54. The maximum Gasteiger partial charge on any atom is 0.0366 e. The number of nitrogens with zero attached hydrogens (tertiary/aromatic N) is 2. The first-order chi connectivity index (χ1) is 10.8. The van der Waals surface area contributed by atoms with Gasteiger partial charge in [-0.05, 0) is 69.3 Å². The Kier molecular flexibility index (Phi) is 4.10. The molecule has 0 aliphatic carbocycles. The zero-order valence-corrected chi connectivity index (χ0v) is 13.6. The molecule has 1 aromatic rings. The highest BCUT2D eigenvalue weighted by Gasteiger charge is 2.39. The van der Waals surface area contributed by atoms with Gasteiger partial charge in [-0.3, -0.25) is 4.90 Å².